The van der Waals surface area contributed by atoms with Crippen molar-refractivity contribution in [2.75, 3.05) is 13.2 Å². The fourth-order valence-electron chi connectivity index (χ4n) is 2.30. The molecule has 0 spiro atoms. The molecule has 0 aliphatic carbocycles. The Kier molecular flexibility index (Phi) is 5.97. The number of carbonyl (C=O) groups is 1. The number of unbranched alkanes of at least 4 members (excludes halogenated alkanes) is 1. The standard InChI is InChI=1S/C17H23BrO3/c1-17(2)11-20-16(21-12-17)9-4-3-8-15(19)13-6-5-7-14(18)10-13/h5-7,10,16H,3-4,8-9,11-12H2,1-2H3. The molecule has 21 heavy (non-hydrogen) atoms. The molecule has 1 heterocycles. The van der Waals surface area contributed by atoms with Crippen LogP contribution in [0, 0.1) is 5.41 Å². The SMILES string of the molecule is CC1(C)COC(CCCCC(=O)c2cccc(Br)c2)OC1. The van der Waals surface area contributed by atoms with E-state index in [0.29, 0.717) is 6.42 Å². The Hall–Kier alpha value is -0.710. The number of benzene rings is 1. The summed E-state index contributed by atoms with van der Waals surface area (Å²) < 4.78 is 12.3. The van der Waals surface area contributed by atoms with Crippen molar-refractivity contribution in [3.05, 3.63) is 34.3 Å². The summed E-state index contributed by atoms with van der Waals surface area (Å²) in [4.78, 5) is 12.0. The van der Waals surface area contributed by atoms with E-state index < -0.39 is 0 Å². The lowest BCUT2D eigenvalue weighted by Gasteiger charge is -2.34. The van der Waals surface area contributed by atoms with Gasteiger partial charge in [0.2, 0.25) is 0 Å². The van der Waals surface area contributed by atoms with Crippen LogP contribution in [0.2, 0.25) is 0 Å². The second-order valence-electron chi connectivity index (χ2n) is 6.40. The maximum absolute atomic E-state index is 12.0. The Morgan fingerprint density at radius 1 is 1.29 bits per heavy atom. The topological polar surface area (TPSA) is 35.5 Å². The van der Waals surface area contributed by atoms with Gasteiger partial charge < -0.3 is 9.47 Å². The molecule has 1 aromatic rings. The normalized spacial score (nSPS) is 18.6. The fourth-order valence-corrected chi connectivity index (χ4v) is 2.70. The van der Waals surface area contributed by atoms with Crippen molar-refractivity contribution in [1.82, 2.24) is 0 Å². The van der Waals surface area contributed by atoms with Crippen LogP contribution in [-0.4, -0.2) is 25.3 Å². The zero-order chi connectivity index (χ0) is 15.3. The first-order valence-electron chi connectivity index (χ1n) is 7.48. The van der Waals surface area contributed by atoms with Gasteiger partial charge in [0, 0.05) is 21.9 Å². The quantitative estimate of drug-likeness (QED) is 0.553. The minimum atomic E-state index is -0.0982. The lowest BCUT2D eigenvalue weighted by molar-refractivity contribution is -0.224. The third-order valence-electron chi connectivity index (χ3n) is 3.56. The highest BCUT2D eigenvalue weighted by Crippen LogP contribution is 2.25. The summed E-state index contributed by atoms with van der Waals surface area (Å²) in [6.45, 7) is 5.77. The molecular formula is C17H23BrO3. The highest BCUT2D eigenvalue weighted by molar-refractivity contribution is 9.10. The number of Topliss-reactive ketones (excluding diaryl/α,β-unsaturated/α-hetero) is 1. The summed E-state index contributed by atoms with van der Waals surface area (Å²) in [6, 6.07) is 7.55. The molecule has 4 heteroatoms. The number of halogens is 1. The van der Waals surface area contributed by atoms with E-state index in [9.17, 15) is 4.79 Å². The Labute approximate surface area is 135 Å². The van der Waals surface area contributed by atoms with Crippen molar-refractivity contribution >= 4 is 21.7 Å². The number of ether oxygens (including phenoxy) is 2. The van der Waals surface area contributed by atoms with Crippen LogP contribution in [0.25, 0.3) is 0 Å². The van der Waals surface area contributed by atoms with Crippen molar-refractivity contribution in [2.45, 2.75) is 45.8 Å². The summed E-state index contributed by atoms with van der Waals surface area (Å²) >= 11 is 3.39. The summed E-state index contributed by atoms with van der Waals surface area (Å²) in [5, 5.41) is 0. The average molecular weight is 355 g/mol. The molecular weight excluding hydrogens is 332 g/mol. The van der Waals surface area contributed by atoms with Gasteiger partial charge in [-0.25, -0.2) is 0 Å². The van der Waals surface area contributed by atoms with E-state index in [0.717, 1.165) is 42.5 Å². The molecule has 0 aromatic heterocycles. The van der Waals surface area contributed by atoms with Crippen LogP contribution in [0.3, 0.4) is 0 Å². The van der Waals surface area contributed by atoms with Gasteiger partial charge in [-0.2, -0.15) is 0 Å². The molecule has 0 unspecified atom stereocenters. The Bertz CT molecular complexity index is 475. The van der Waals surface area contributed by atoms with Crippen LogP contribution in [0.15, 0.2) is 28.7 Å². The minimum Gasteiger partial charge on any atom is -0.352 e. The fraction of sp³-hybridized carbons (Fsp3) is 0.588. The third kappa shape index (κ3) is 5.53. The number of rotatable bonds is 6. The van der Waals surface area contributed by atoms with Crippen molar-refractivity contribution < 1.29 is 14.3 Å². The summed E-state index contributed by atoms with van der Waals surface area (Å²) in [7, 11) is 0. The maximum Gasteiger partial charge on any atom is 0.162 e. The highest BCUT2D eigenvalue weighted by atomic mass is 79.9. The molecule has 0 radical (unpaired) electrons. The van der Waals surface area contributed by atoms with Gasteiger partial charge in [0.15, 0.2) is 12.1 Å². The molecule has 0 saturated carbocycles. The predicted octanol–water partition coefficient (Wildman–Crippen LogP) is 4.59. The van der Waals surface area contributed by atoms with E-state index in [-0.39, 0.29) is 17.5 Å². The molecule has 0 amide bonds. The van der Waals surface area contributed by atoms with Gasteiger partial charge in [-0.1, -0.05) is 41.9 Å². The lowest BCUT2D eigenvalue weighted by Crippen LogP contribution is -2.37. The second-order valence-corrected chi connectivity index (χ2v) is 7.31. The molecule has 1 aromatic carbocycles. The van der Waals surface area contributed by atoms with E-state index in [1.165, 1.54) is 0 Å². The average Bonchev–Trinajstić information content (AvgIpc) is 2.45. The number of ketones is 1. The maximum atomic E-state index is 12.0. The first-order chi connectivity index (χ1) is 9.96. The van der Waals surface area contributed by atoms with Gasteiger partial charge in [-0.15, -0.1) is 0 Å². The van der Waals surface area contributed by atoms with E-state index in [4.69, 9.17) is 9.47 Å². The second kappa shape index (κ2) is 7.52. The Balaban J connectivity index is 1.65. The predicted molar refractivity (Wildman–Crippen MR) is 86.4 cm³/mol. The zero-order valence-corrected chi connectivity index (χ0v) is 14.3. The van der Waals surface area contributed by atoms with Crippen LogP contribution in [0.4, 0.5) is 0 Å². The van der Waals surface area contributed by atoms with Crippen molar-refractivity contribution in [1.29, 1.82) is 0 Å². The highest BCUT2D eigenvalue weighted by Gasteiger charge is 2.27. The van der Waals surface area contributed by atoms with Gasteiger partial charge in [0.05, 0.1) is 13.2 Å². The molecule has 0 atom stereocenters. The van der Waals surface area contributed by atoms with Gasteiger partial charge in [0.25, 0.3) is 0 Å². The summed E-state index contributed by atoms with van der Waals surface area (Å²) in [5.41, 5.74) is 0.893. The molecule has 1 fully saturated rings. The van der Waals surface area contributed by atoms with E-state index in [1.807, 2.05) is 24.3 Å². The number of hydrogen-bond donors (Lipinski definition) is 0. The first-order valence-corrected chi connectivity index (χ1v) is 8.28. The van der Waals surface area contributed by atoms with Crippen molar-refractivity contribution in [3.8, 4) is 0 Å². The summed E-state index contributed by atoms with van der Waals surface area (Å²) in [5.74, 6) is 0.197. The van der Waals surface area contributed by atoms with E-state index >= 15 is 0 Å². The van der Waals surface area contributed by atoms with Crippen LogP contribution in [0.5, 0.6) is 0 Å². The van der Waals surface area contributed by atoms with Crippen LogP contribution in [-0.2, 0) is 9.47 Å². The molecule has 0 bridgehead atoms. The van der Waals surface area contributed by atoms with Gasteiger partial charge in [-0.05, 0) is 31.4 Å². The van der Waals surface area contributed by atoms with E-state index in [1.54, 1.807) is 0 Å². The molecule has 1 aliphatic rings. The monoisotopic (exact) mass is 354 g/mol. The van der Waals surface area contributed by atoms with Crippen molar-refractivity contribution in [2.24, 2.45) is 5.41 Å². The van der Waals surface area contributed by atoms with Crippen molar-refractivity contribution in [3.63, 3.8) is 0 Å². The van der Waals surface area contributed by atoms with Gasteiger partial charge in [-0.3, -0.25) is 4.79 Å². The largest absolute Gasteiger partial charge is 0.352 e. The Morgan fingerprint density at radius 3 is 2.67 bits per heavy atom. The van der Waals surface area contributed by atoms with E-state index in [2.05, 4.69) is 29.8 Å². The molecule has 1 aliphatic heterocycles. The van der Waals surface area contributed by atoms with Gasteiger partial charge >= 0.3 is 0 Å². The molecule has 3 nitrogen and oxygen atoms in total. The van der Waals surface area contributed by atoms with Gasteiger partial charge in [0.1, 0.15) is 0 Å². The Morgan fingerprint density at radius 2 is 2.00 bits per heavy atom. The molecule has 1 saturated heterocycles. The van der Waals surface area contributed by atoms with Crippen LogP contribution >= 0.6 is 15.9 Å². The number of hydrogen-bond acceptors (Lipinski definition) is 3. The minimum absolute atomic E-state index is 0.0982. The lowest BCUT2D eigenvalue weighted by atomic mass is 9.95. The molecule has 2 rings (SSSR count). The van der Waals surface area contributed by atoms with Crippen LogP contribution < -0.4 is 0 Å². The van der Waals surface area contributed by atoms with Crippen LogP contribution in [0.1, 0.15) is 49.9 Å². The summed E-state index contributed by atoms with van der Waals surface area (Å²) in [6.07, 6.45) is 3.17. The smallest absolute Gasteiger partial charge is 0.162 e. The first kappa shape index (κ1) is 16.7. The molecule has 0 N–H and O–H groups in total. The third-order valence-corrected chi connectivity index (χ3v) is 4.05. The number of carbonyl (C=O) groups excluding carboxylic acids is 1. The molecule has 116 valence electrons. The zero-order valence-electron chi connectivity index (χ0n) is 12.7.